The lowest BCUT2D eigenvalue weighted by atomic mass is 9.87. The molecule has 7 nitrogen and oxygen atoms in total. The molecule has 152 valence electrons. The summed E-state index contributed by atoms with van der Waals surface area (Å²) in [6.07, 6.45) is 4.76. The van der Waals surface area contributed by atoms with Gasteiger partial charge in [0.15, 0.2) is 11.0 Å². The number of nitrogens with zero attached hydrogens (tertiary/aromatic N) is 3. The molecule has 0 saturated carbocycles. The highest BCUT2D eigenvalue weighted by molar-refractivity contribution is 8.00. The molecule has 1 aliphatic carbocycles. The van der Waals surface area contributed by atoms with Gasteiger partial charge in [-0.2, -0.15) is 0 Å². The summed E-state index contributed by atoms with van der Waals surface area (Å²) >= 11 is 3.10. The molecule has 1 aliphatic rings. The minimum Gasteiger partial charge on any atom is -0.351 e. The van der Waals surface area contributed by atoms with Crippen molar-refractivity contribution >= 4 is 35.0 Å². The van der Waals surface area contributed by atoms with Crippen LogP contribution < -0.4 is 11.1 Å². The van der Waals surface area contributed by atoms with Gasteiger partial charge < -0.3 is 10.3 Å². The monoisotopic (exact) mass is 421 g/mol. The molecule has 0 aromatic carbocycles. The molecule has 0 saturated heterocycles. The predicted octanol–water partition coefficient (Wildman–Crippen LogP) is 3.37. The average molecular weight is 422 g/mol. The first-order valence-electron chi connectivity index (χ1n) is 9.58. The Hall–Kier alpha value is -1.87. The van der Waals surface area contributed by atoms with Crippen molar-refractivity contribution in [1.82, 2.24) is 20.1 Å². The molecule has 3 rings (SSSR count). The second-order valence-corrected chi connectivity index (χ2v) is 9.82. The maximum Gasteiger partial charge on any atom is 0.318 e. The first kappa shape index (κ1) is 20.9. The summed E-state index contributed by atoms with van der Waals surface area (Å²) in [7, 11) is 1.91. The van der Waals surface area contributed by atoms with Gasteiger partial charge in [-0.05, 0) is 42.7 Å². The second kappa shape index (κ2) is 8.65. The number of nitrogens with one attached hydrogen (secondary N) is 1. The molecule has 28 heavy (non-hydrogen) atoms. The SMILES string of the molecule is CC[C@@H]1CCc2sc(-c3nnc(S[C@H](C(=O)NC(N)=O)C(C)C)n3C)cc2C1. The molecule has 0 radical (unpaired) electrons. The van der Waals surface area contributed by atoms with Gasteiger partial charge >= 0.3 is 6.03 Å². The van der Waals surface area contributed by atoms with Crippen LogP contribution in [0.4, 0.5) is 4.79 Å². The zero-order valence-corrected chi connectivity index (χ0v) is 18.3. The number of carbonyl (C=O) groups excluding carboxylic acids is 2. The lowest BCUT2D eigenvalue weighted by Crippen LogP contribution is -2.42. The summed E-state index contributed by atoms with van der Waals surface area (Å²) in [6.45, 7) is 6.11. The van der Waals surface area contributed by atoms with E-state index in [9.17, 15) is 9.59 Å². The van der Waals surface area contributed by atoms with E-state index in [1.54, 1.807) is 11.3 Å². The molecule has 2 atom stereocenters. The zero-order valence-electron chi connectivity index (χ0n) is 16.7. The van der Waals surface area contributed by atoms with Crippen molar-refractivity contribution in [3.63, 3.8) is 0 Å². The predicted molar refractivity (Wildman–Crippen MR) is 112 cm³/mol. The molecule has 0 aliphatic heterocycles. The molecule has 2 aromatic rings. The van der Waals surface area contributed by atoms with E-state index in [4.69, 9.17) is 5.73 Å². The molecule has 2 aromatic heterocycles. The zero-order chi connectivity index (χ0) is 20.4. The topological polar surface area (TPSA) is 103 Å². The van der Waals surface area contributed by atoms with E-state index in [1.807, 2.05) is 25.5 Å². The second-order valence-electron chi connectivity index (χ2n) is 7.58. The number of amides is 3. The van der Waals surface area contributed by atoms with Crippen molar-refractivity contribution in [2.45, 2.75) is 56.9 Å². The number of hydrogen-bond acceptors (Lipinski definition) is 6. The van der Waals surface area contributed by atoms with Gasteiger partial charge in [0.2, 0.25) is 5.91 Å². The maximum atomic E-state index is 12.3. The lowest BCUT2D eigenvalue weighted by molar-refractivity contribution is -0.120. The maximum absolute atomic E-state index is 12.3. The Labute approximate surface area is 173 Å². The number of nitrogens with two attached hydrogens (primary N) is 1. The summed E-state index contributed by atoms with van der Waals surface area (Å²) in [5.74, 6) is 1.18. The van der Waals surface area contributed by atoms with E-state index in [0.717, 1.165) is 29.5 Å². The molecular weight excluding hydrogens is 394 g/mol. The van der Waals surface area contributed by atoms with Crippen molar-refractivity contribution in [3.05, 3.63) is 16.5 Å². The normalized spacial score (nSPS) is 17.4. The third-order valence-corrected chi connectivity index (χ3v) is 7.97. The Morgan fingerprint density at radius 3 is 2.82 bits per heavy atom. The number of thioether (sulfide) groups is 1. The van der Waals surface area contributed by atoms with E-state index in [2.05, 4.69) is 28.5 Å². The van der Waals surface area contributed by atoms with Crippen LogP contribution in [-0.4, -0.2) is 32.0 Å². The minimum absolute atomic E-state index is 0.00419. The number of carbonyl (C=O) groups is 2. The van der Waals surface area contributed by atoms with Crippen LogP contribution in [0.3, 0.4) is 0 Å². The number of aromatic nitrogens is 3. The van der Waals surface area contributed by atoms with Crippen molar-refractivity contribution in [2.75, 3.05) is 0 Å². The molecule has 0 spiro atoms. The standard InChI is InChI=1S/C19H27N5O2S2/c1-5-11-6-7-13-12(8-11)9-14(27-13)16-22-23-19(24(16)4)28-15(10(2)3)17(25)21-18(20)26/h9-11,15H,5-8H2,1-4H3,(H3,20,21,25,26)/t11-,15+/m1/s1. The van der Waals surface area contributed by atoms with Crippen LogP contribution >= 0.6 is 23.1 Å². The number of rotatable bonds is 6. The molecule has 9 heteroatoms. The van der Waals surface area contributed by atoms with Gasteiger partial charge in [-0.25, -0.2) is 4.79 Å². The van der Waals surface area contributed by atoms with Crippen LogP contribution in [0.2, 0.25) is 0 Å². The molecule has 0 unspecified atom stereocenters. The summed E-state index contributed by atoms with van der Waals surface area (Å²) in [6, 6.07) is 1.41. The fraction of sp³-hybridized carbons (Fsp3) is 0.579. The van der Waals surface area contributed by atoms with Crippen LogP contribution in [-0.2, 0) is 24.7 Å². The molecule has 3 N–H and O–H groups in total. The Kier molecular flexibility index (Phi) is 6.44. The van der Waals surface area contributed by atoms with Gasteiger partial charge in [-0.15, -0.1) is 21.5 Å². The van der Waals surface area contributed by atoms with E-state index >= 15 is 0 Å². The molecular formula is C19H27N5O2S2. The van der Waals surface area contributed by atoms with Crippen LogP contribution in [0.5, 0.6) is 0 Å². The number of urea groups is 1. The Morgan fingerprint density at radius 2 is 2.18 bits per heavy atom. The fourth-order valence-corrected chi connectivity index (χ4v) is 5.72. The quantitative estimate of drug-likeness (QED) is 0.696. The largest absolute Gasteiger partial charge is 0.351 e. The number of imide groups is 1. The highest BCUT2D eigenvalue weighted by Crippen LogP contribution is 2.38. The average Bonchev–Trinajstić information content (AvgIpc) is 3.20. The van der Waals surface area contributed by atoms with Gasteiger partial charge in [0.25, 0.3) is 0 Å². The van der Waals surface area contributed by atoms with Crippen molar-refractivity contribution in [3.8, 4) is 10.7 Å². The van der Waals surface area contributed by atoms with Crippen LogP contribution in [0.25, 0.3) is 10.7 Å². The van der Waals surface area contributed by atoms with Gasteiger partial charge in [0.1, 0.15) is 0 Å². The summed E-state index contributed by atoms with van der Waals surface area (Å²) < 4.78 is 1.92. The van der Waals surface area contributed by atoms with Crippen molar-refractivity contribution in [2.24, 2.45) is 24.6 Å². The third kappa shape index (κ3) is 4.41. The Balaban J connectivity index is 1.81. The first-order valence-corrected chi connectivity index (χ1v) is 11.3. The van der Waals surface area contributed by atoms with Crippen molar-refractivity contribution < 1.29 is 9.59 Å². The number of thiophene rings is 1. The smallest absolute Gasteiger partial charge is 0.318 e. The highest BCUT2D eigenvalue weighted by atomic mass is 32.2. The number of primary amides is 1. The molecule has 2 heterocycles. The molecule has 0 bridgehead atoms. The molecule has 3 amide bonds. The minimum atomic E-state index is -0.843. The van der Waals surface area contributed by atoms with E-state index in [1.165, 1.54) is 35.0 Å². The van der Waals surface area contributed by atoms with Gasteiger partial charge in [-0.1, -0.05) is 39.0 Å². The number of hydrogen-bond donors (Lipinski definition) is 2. The fourth-order valence-electron chi connectivity index (χ4n) is 3.49. The first-order chi connectivity index (χ1) is 13.3. The Morgan fingerprint density at radius 1 is 1.43 bits per heavy atom. The number of aryl methyl sites for hydroxylation is 1. The highest BCUT2D eigenvalue weighted by Gasteiger charge is 2.28. The van der Waals surface area contributed by atoms with Crippen LogP contribution in [0.15, 0.2) is 11.2 Å². The van der Waals surface area contributed by atoms with E-state index < -0.39 is 17.2 Å². The number of fused-ring (bicyclic) bond motifs is 1. The van der Waals surface area contributed by atoms with Gasteiger partial charge in [0.05, 0.1) is 10.1 Å². The van der Waals surface area contributed by atoms with Crippen molar-refractivity contribution in [1.29, 1.82) is 0 Å². The lowest BCUT2D eigenvalue weighted by Gasteiger charge is -2.19. The third-order valence-electron chi connectivity index (χ3n) is 5.16. The molecule has 0 fully saturated rings. The van der Waals surface area contributed by atoms with Crippen LogP contribution in [0, 0.1) is 11.8 Å². The van der Waals surface area contributed by atoms with Gasteiger partial charge in [0, 0.05) is 11.9 Å². The Bertz CT molecular complexity index is 874. The van der Waals surface area contributed by atoms with Gasteiger partial charge in [-0.3, -0.25) is 10.1 Å². The van der Waals surface area contributed by atoms with E-state index in [0.29, 0.717) is 5.16 Å². The van der Waals surface area contributed by atoms with Crippen LogP contribution in [0.1, 0.15) is 44.1 Å². The summed E-state index contributed by atoms with van der Waals surface area (Å²) in [4.78, 5) is 25.9. The van der Waals surface area contributed by atoms with E-state index in [-0.39, 0.29) is 5.92 Å². The summed E-state index contributed by atoms with van der Waals surface area (Å²) in [5.41, 5.74) is 6.53. The summed E-state index contributed by atoms with van der Waals surface area (Å²) in [5, 5.41) is 11.0.